The van der Waals surface area contributed by atoms with E-state index in [0.717, 1.165) is 0 Å². The first kappa shape index (κ1) is 20.2. The predicted molar refractivity (Wildman–Crippen MR) is 108 cm³/mol. The topological polar surface area (TPSA) is 102 Å². The van der Waals surface area contributed by atoms with E-state index in [4.69, 9.17) is 14.6 Å². The van der Waals surface area contributed by atoms with Gasteiger partial charge in [-0.2, -0.15) is 0 Å². The average molecular weight is 413 g/mol. The van der Waals surface area contributed by atoms with E-state index >= 15 is 0 Å². The molecule has 0 unspecified atom stereocenters. The minimum absolute atomic E-state index is 0.156. The van der Waals surface area contributed by atoms with E-state index in [1.807, 2.05) is 0 Å². The molecule has 2 N–H and O–H groups in total. The van der Waals surface area contributed by atoms with Crippen LogP contribution in [-0.4, -0.2) is 32.7 Å². The lowest BCUT2D eigenvalue weighted by Crippen LogP contribution is -2.15. The van der Waals surface area contributed by atoms with E-state index in [-0.39, 0.29) is 23.7 Å². The first-order chi connectivity index (χ1) is 14.0. The summed E-state index contributed by atoms with van der Waals surface area (Å²) in [6.45, 7) is 0.372. The van der Waals surface area contributed by atoms with Crippen LogP contribution in [-0.2, 0) is 10.0 Å². The molecule has 3 aromatic rings. The van der Waals surface area contributed by atoms with E-state index in [9.17, 15) is 13.2 Å². The van der Waals surface area contributed by atoms with Crippen molar-refractivity contribution in [3.63, 3.8) is 0 Å². The summed E-state index contributed by atoms with van der Waals surface area (Å²) in [6.07, 6.45) is 0. The van der Waals surface area contributed by atoms with Crippen molar-refractivity contribution < 1.29 is 27.8 Å². The Bertz CT molecular complexity index is 1070. The molecular formula is C21H19NO6S. The molecule has 7 nitrogen and oxygen atoms in total. The van der Waals surface area contributed by atoms with Gasteiger partial charge in [0.25, 0.3) is 10.0 Å². The van der Waals surface area contributed by atoms with Crippen LogP contribution in [0.3, 0.4) is 0 Å². The van der Waals surface area contributed by atoms with Gasteiger partial charge in [-0.25, -0.2) is 13.2 Å². The maximum absolute atomic E-state index is 12.5. The summed E-state index contributed by atoms with van der Waals surface area (Å²) >= 11 is 0. The summed E-state index contributed by atoms with van der Waals surface area (Å²) < 4.78 is 38.7. The quantitative estimate of drug-likeness (QED) is 0.519. The van der Waals surface area contributed by atoms with Crippen molar-refractivity contribution in [2.24, 2.45) is 0 Å². The van der Waals surface area contributed by atoms with Crippen LogP contribution in [0.4, 0.5) is 5.69 Å². The molecular weight excluding hydrogens is 394 g/mol. The zero-order valence-corrected chi connectivity index (χ0v) is 16.1. The molecule has 0 radical (unpaired) electrons. The number of carboxylic acid groups (broad SMARTS) is 1. The number of carboxylic acids is 1. The van der Waals surface area contributed by atoms with Gasteiger partial charge in [-0.1, -0.05) is 30.3 Å². The van der Waals surface area contributed by atoms with Crippen LogP contribution in [0.1, 0.15) is 10.4 Å². The Morgan fingerprint density at radius 3 is 2.14 bits per heavy atom. The number of hydrogen-bond acceptors (Lipinski definition) is 5. The monoisotopic (exact) mass is 413 g/mol. The third-order valence-corrected chi connectivity index (χ3v) is 5.28. The molecule has 0 aliphatic rings. The number of para-hydroxylation sites is 2. The first-order valence-corrected chi connectivity index (χ1v) is 10.2. The molecule has 0 fully saturated rings. The Balaban J connectivity index is 1.59. The molecule has 8 heteroatoms. The molecule has 0 amide bonds. The Kier molecular flexibility index (Phi) is 6.36. The minimum Gasteiger partial charge on any atom is -0.490 e. The van der Waals surface area contributed by atoms with Crippen molar-refractivity contribution in [2.45, 2.75) is 4.90 Å². The molecule has 0 aromatic heterocycles. The molecule has 150 valence electrons. The van der Waals surface area contributed by atoms with Gasteiger partial charge in [0.1, 0.15) is 24.7 Å². The molecule has 0 spiro atoms. The standard InChI is InChI=1S/C21H19NO6S/c23-21(24)16-10-12-17(13-11-16)27-14-15-28-20-9-5-4-8-19(20)22-29(25,26)18-6-2-1-3-7-18/h1-13,22H,14-15H2,(H,23,24). The zero-order valence-electron chi connectivity index (χ0n) is 15.3. The highest BCUT2D eigenvalue weighted by Crippen LogP contribution is 2.26. The molecule has 0 atom stereocenters. The highest BCUT2D eigenvalue weighted by molar-refractivity contribution is 7.92. The van der Waals surface area contributed by atoms with Crippen LogP contribution in [0.15, 0.2) is 83.8 Å². The fraction of sp³-hybridized carbons (Fsp3) is 0.0952. The summed E-state index contributed by atoms with van der Waals surface area (Å²) in [7, 11) is -3.73. The van der Waals surface area contributed by atoms with Crippen LogP contribution < -0.4 is 14.2 Å². The number of benzene rings is 3. The normalized spacial score (nSPS) is 10.9. The molecule has 0 saturated heterocycles. The third-order valence-electron chi connectivity index (χ3n) is 3.90. The van der Waals surface area contributed by atoms with E-state index in [1.54, 1.807) is 54.6 Å². The van der Waals surface area contributed by atoms with Crippen LogP contribution in [0.2, 0.25) is 0 Å². The Morgan fingerprint density at radius 1 is 0.828 bits per heavy atom. The smallest absolute Gasteiger partial charge is 0.335 e. The zero-order chi connectivity index (χ0) is 20.7. The highest BCUT2D eigenvalue weighted by Gasteiger charge is 2.16. The van der Waals surface area contributed by atoms with Crippen molar-refractivity contribution in [3.8, 4) is 11.5 Å². The average Bonchev–Trinajstić information content (AvgIpc) is 2.73. The number of carbonyl (C=O) groups is 1. The van der Waals surface area contributed by atoms with E-state index in [2.05, 4.69) is 4.72 Å². The summed E-state index contributed by atoms with van der Waals surface area (Å²) in [6, 6.07) is 20.8. The van der Waals surface area contributed by atoms with Gasteiger partial charge in [-0.15, -0.1) is 0 Å². The van der Waals surface area contributed by atoms with Gasteiger partial charge in [0.15, 0.2) is 0 Å². The SMILES string of the molecule is O=C(O)c1ccc(OCCOc2ccccc2NS(=O)(=O)c2ccccc2)cc1. The lowest BCUT2D eigenvalue weighted by molar-refractivity contribution is 0.0697. The highest BCUT2D eigenvalue weighted by atomic mass is 32.2. The fourth-order valence-corrected chi connectivity index (χ4v) is 3.58. The molecule has 29 heavy (non-hydrogen) atoms. The Morgan fingerprint density at radius 2 is 1.45 bits per heavy atom. The second-order valence-electron chi connectivity index (χ2n) is 5.94. The largest absolute Gasteiger partial charge is 0.490 e. The van der Waals surface area contributed by atoms with Crippen LogP contribution in [0.25, 0.3) is 0 Å². The van der Waals surface area contributed by atoms with Crippen LogP contribution in [0, 0.1) is 0 Å². The van der Waals surface area contributed by atoms with Gasteiger partial charge in [0, 0.05) is 0 Å². The molecule has 0 heterocycles. The first-order valence-electron chi connectivity index (χ1n) is 8.71. The molecule has 0 saturated carbocycles. The number of ether oxygens (including phenoxy) is 2. The van der Waals surface area contributed by atoms with Crippen molar-refractivity contribution >= 4 is 21.7 Å². The number of sulfonamides is 1. The summed E-state index contributed by atoms with van der Waals surface area (Å²) in [4.78, 5) is 11.0. The van der Waals surface area contributed by atoms with E-state index in [0.29, 0.717) is 17.2 Å². The molecule has 0 aliphatic carbocycles. The Hall–Kier alpha value is -3.52. The number of aromatic carboxylic acids is 1. The second kappa shape index (κ2) is 9.11. The lowest BCUT2D eigenvalue weighted by Gasteiger charge is -2.14. The molecule has 0 aliphatic heterocycles. The van der Waals surface area contributed by atoms with Gasteiger partial charge in [0.05, 0.1) is 16.1 Å². The van der Waals surface area contributed by atoms with Gasteiger partial charge in [0.2, 0.25) is 0 Å². The molecule has 3 rings (SSSR count). The van der Waals surface area contributed by atoms with Crippen molar-refractivity contribution in [1.29, 1.82) is 0 Å². The fourth-order valence-electron chi connectivity index (χ4n) is 2.49. The second-order valence-corrected chi connectivity index (χ2v) is 7.62. The van der Waals surface area contributed by atoms with Crippen molar-refractivity contribution in [1.82, 2.24) is 0 Å². The van der Waals surface area contributed by atoms with Crippen LogP contribution >= 0.6 is 0 Å². The summed E-state index contributed by atoms with van der Waals surface area (Å²) in [5.74, 6) is -0.122. The summed E-state index contributed by atoms with van der Waals surface area (Å²) in [5.41, 5.74) is 0.496. The van der Waals surface area contributed by atoms with Crippen molar-refractivity contribution in [2.75, 3.05) is 17.9 Å². The van der Waals surface area contributed by atoms with Gasteiger partial charge < -0.3 is 14.6 Å². The summed E-state index contributed by atoms with van der Waals surface area (Å²) in [5, 5.41) is 8.89. The maximum atomic E-state index is 12.5. The third kappa shape index (κ3) is 5.49. The van der Waals surface area contributed by atoms with Crippen LogP contribution in [0.5, 0.6) is 11.5 Å². The van der Waals surface area contributed by atoms with Gasteiger partial charge in [-0.3, -0.25) is 4.72 Å². The molecule has 3 aromatic carbocycles. The molecule has 0 bridgehead atoms. The number of nitrogens with one attached hydrogen (secondary N) is 1. The van der Waals surface area contributed by atoms with E-state index in [1.165, 1.54) is 24.3 Å². The Labute approximate surface area is 168 Å². The predicted octanol–water partition coefficient (Wildman–Crippen LogP) is 3.64. The van der Waals surface area contributed by atoms with E-state index < -0.39 is 16.0 Å². The van der Waals surface area contributed by atoms with Gasteiger partial charge >= 0.3 is 5.97 Å². The minimum atomic E-state index is -3.73. The number of hydrogen-bond donors (Lipinski definition) is 2. The van der Waals surface area contributed by atoms with Crippen molar-refractivity contribution in [3.05, 3.63) is 84.4 Å². The van der Waals surface area contributed by atoms with Gasteiger partial charge in [-0.05, 0) is 48.5 Å². The maximum Gasteiger partial charge on any atom is 0.335 e. The lowest BCUT2D eigenvalue weighted by atomic mass is 10.2. The number of rotatable bonds is 9. The number of anilines is 1.